The van der Waals surface area contributed by atoms with E-state index in [4.69, 9.17) is 5.73 Å². The summed E-state index contributed by atoms with van der Waals surface area (Å²) < 4.78 is 137. The van der Waals surface area contributed by atoms with Crippen LogP contribution in [0.1, 0.15) is 0 Å². The number of anilines is 1. The molecule has 20 nitrogen and oxygen atoms in total. The second-order valence-electron chi connectivity index (χ2n) is 13.8. The van der Waals surface area contributed by atoms with Gasteiger partial charge in [0.1, 0.15) is 15.5 Å². The molecule has 0 aliphatic rings. The van der Waals surface area contributed by atoms with E-state index in [9.17, 15) is 57.0 Å². The molecular formula is C40H27N7Na4O13S4. The average Bonchev–Trinajstić information content (AvgIpc) is 3.22. The van der Waals surface area contributed by atoms with Crippen LogP contribution in [0.2, 0.25) is 0 Å². The number of azo groups is 3. The van der Waals surface area contributed by atoms with Crippen molar-refractivity contribution in [3.8, 4) is 5.75 Å². The Balaban J connectivity index is 0.00000252. The molecule has 328 valence electrons. The molecule has 4 radical (unpaired) electrons. The smallest absolute Gasteiger partial charge is 0.296 e. The number of phenolic OH excluding ortho intramolecular Hbond substituents is 1. The Kier molecular flexibility index (Phi) is 18.6. The van der Waals surface area contributed by atoms with Crippen molar-refractivity contribution < 1.29 is 57.0 Å². The van der Waals surface area contributed by atoms with Crippen molar-refractivity contribution in [2.45, 2.75) is 19.6 Å². The quantitative estimate of drug-likeness (QED) is 0.0325. The summed E-state index contributed by atoms with van der Waals surface area (Å²) in [5.41, 5.74) is 5.76. The van der Waals surface area contributed by atoms with Gasteiger partial charge in [0.05, 0.1) is 38.2 Å². The van der Waals surface area contributed by atoms with Gasteiger partial charge < -0.3 is 10.8 Å². The molecule has 7 N–H and O–H groups in total. The first kappa shape index (κ1) is 57.4. The van der Waals surface area contributed by atoms with Crippen LogP contribution < -0.4 is 5.73 Å². The van der Waals surface area contributed by atoms with Crippen LogP contribution in [0.15, 0.2) is 172 Å². The van der Waals surface area contributed by atoms with Gasteiger partial charge in [-0.25, -0.2) is 0 Å². The van der Waals surface area contributed by atoms with Crippen LogP contribution in [0.5, 0.6) is 5.75 Å². The molecule has 0 atom stereocenters. The van der Waals surface area contributed by atoms with Gasteiger partial charge in [0.2, 0.25) is 0 Å². The Labute approximate surface area is 475 Å². The van der Waals surface area contributed by atoms with Crippen molar-refractivity contribution in [3.05, 3.63) is 121 Å². The Morgan fingerprint density at radius 3 is 1.19 bits per heavy atom. The maximum absolute atomic E-state index is 12.4. The number of benzene rings is 8. The summed E-state index contributed by atoms with van der Waals surface area (Å²) in [5, 5.41) is 37.6. The number of nitrogens with zero attached hydrogens (tertiary/aromatic N) is 6. The molecule has 0 saturated carbocycles. The molecule has 0 spiro atoms. The number of phenols is 1. The third-order valence-corrected chi connectivity index (χ3v) is 13.2. The number of nitrogens with two attached hydrogens (primary N) is 1. The van der Waals surface area contributed by atoms with Gasteiger partial charge in [0.25, 0.3) is 40.5 Å². The Hall–Kier alpha value is -3.16. The summed E-state index contributed by atoms with van der Waals surface area (Å²) >= 11 is 0. The van der Waals surface area contributed by atoms with Crippen molar-refractivity contribution in [1.82, 2.24) is 0 Å². The molecule has 0 aromatic heterocycles. The zero-order chi connectivity index (χ0) is 45.9. The van der Waals surface area contributed by atoms with Gasteiger partial charge in [-0.2, -0.15) is 33.7 Å². The molecule has 0 saturated heterocycles. The van der Waals surface area contributed by atoms with E-state index < -0.39 is 66.6 Å². The number of hydrogen-bond donors (Lipinski definition) is 6. The van der Waals surface area contributed by atoms with E-state index in [0.29, 0.717) is 5.39 Å². The minimum atomic E-state index is -4.98. The summed E-state index contributed by atoms with van der Waals surface area (Å²) in [4.78, 5) is -2.21. The standard InChI is InChI=1S/C40H27N7O13S4.4Na/c41-22-5-8-25-21(17-22)18-38(64(58,59)60)39(40(25)48)47-46-33-12-14-36(31-20-24(62(52,53)54)7-10-28(31)33)44-42-32-11-13-35(30-19-23(61(49,50)51)6-9-27(30)32)45-43-34-15-16-37(63(55,56)57)29-4-2-1-3-26(29)34;;;;/h1-20,48H,41H2,(H,49,50,51)(H,52,53,54)(H,55,56,57)(H,58,59,60);;;;. The monoisotopic (exact) mass is 1030 g/mol. The van der Waals surface area contributed by atoms with Gasteiger partial charge in [0, 0.05) is 162 Å². The summed E-state index contributed by atoms with van der Waals surface area (Å²) in [6, 6.07) is 26.4. The minimum Gasteiger partial charge on any atom is -0.505 e. The van der Waals surface area contributed by atoms with Gasteiger partial charge in [-0.15, -0.1) is 30.7 Å². The molecule has 68 heavy (non-hydrogen) atoms. The molecule has 8 rings (SSSR count). The van der Waals surface area contributed by atoms with Crippen molar-refractivity contribution >= 4 is 242 Å². The third-order valence-electron chi connectivity index (χ3n) is 9.76. The molecule has 0 aliphatic carbocycles. The van der Waals surface area contributed by atoms with Gasteiger partial charge in [-0.05, 0) is 90.3 Å². The zero-order valence-electron chi connectivity index (χ0n) is 35.9. The van der Waals surface area contributed by atoms with E-state index in [-0.39, 0.29) is 195 Å². The second-order valence-corrected chi connectivity index (χ2v) is 19.4. The van der Waals surface area contributed by atoms with Crippen molar-refractivity contribution in [2.24, 2.45) is 30.7 Å². The van der Waals surface area contributed by atoms with Gasteiger partial charge >= 0.3 is 0 Å². The van der Waals surface area contributed by atoms with E-state index in [0.717, 1.165) is 36.4 Å². The summed E-state index contributed by atoms with van der Waals surface area (Å²) in [6.07, 6.45) is 0. The number of aromatic hydroxyl groups is 1. The molecule has 8 aromatic carbocycles. The van der Waals surface area contributed by atoms with E-state index in [1.807, 2.05) is 0 Å². The van der Waals surface area contributed by atoms with Crippen LogP contribution in [0, 0.1) is 0 Å². The van der Waals surface area contributed by atoms with Crippen molar-refractivity contribution in [1.29, 1.82) is 0 Å². The molecule has 0 amide bonds. The fraction of sp³-hybridized carbons (Fsp3) is 0. The largest absolute Gasteiger partial charge is 0.505 e. The molecule has 0 heterocycles. The van der Waals surface area contributed by atoms with Crippen LogP contribution in [0.25, 0.3) is 43.1 Å². The summed E-state index contributed by atoms with van der Waals surface area (Å²) in [6.45, 7) is 0. The van der Waals surface area contributed by atoms with E-state index in [2.05, 4.69) is 30.7 Å². The van der Waals surface area contributed by atoms with Crippen LogP contribution in [-0.4, -0.2) is 175 Å². The van der Waals surface area contributed by atoms with Gasteiger partial charge in [-0.3, -0.25) is 18.2 Å². The maximum Gasteiger partial charge on any atom is 0.296 e. The normalized spacial score (nSPS) is 12.4. The van der Waals surface area contributed by atoms with Crippen LogP contribution in [-0.2, 0) is 40.5 Å². The third kappa shape index (κ3) is 12.1. The molecule has 0 bridgehead atoms. The van der Waals surface area contributed by atoms with E-state index in [1.54, 1.807) is 18.2 Å². The van der Waals surface area contributed by atoms with Gasteiger partial charge in [-0.1, -0.05) is 36.4 Å². The number of rotatable bonds is 10. The van der Waals surface area contributed by atoms with E-state index in [1.165, 1.54) is 66.7 Å². The predicted molar refractivity (Wildman–Crippen MR) is 257 cm³/mol. The first-order valence-corrected chi connectivity index (χ1v) is 23.7. The molecule has 0 aliphatic heterocycles. The molecule has 28 heteroatoms. The first-order chi connectivity index (χ1) is 30.1. The molecule has 0 fully saturated rings. The SMILES string of the molecule is Nc1ccc2c(O)c(N=Nc3ccc(N=Nc4ccc(N=Nc5ccc(S(=O)(=O)O)c6ccccc56)c5cc(S(=O)(=O)O)ccc45)c4cc(S(=O)(=O)O)ccc34)c(S(=O)(=O)O)cc2c1.[Na].[Na].[Na].[Na]. The van der Waals surface area contributed by atoms with Crippen molar-refractivity contribution in [2.75, 3.05) is 5.73 Å². The van der Waals surface area contributed by atoms with E-state index >= 15 is 0 Å². The average molecular weight is 1030 g/mol. The molecular weight excluding hydrogens is 1010 g/mol. The summed E-state index contributed by atoms with van der Waals surface area (Å²) in [5.74, 6) is -0.650. The Morgan fingerprint density at radius 1 is 0.368 bits per heavy atom. The molecule has 8 aromatic rings. The Bertz CT molecular complexity index is 3910. The summed E-state index contributed by atoms with van der Waals surface area (Å²) in [7, 11) is -19.1. The van der Waals surface area contributed by atoms with Crippen molar-refractivity contribution in [3.63, 3.8) is 0 Å². The minimum absolute atomic E-state index is 0. The fourth-order valence-corrected chi connectivity index (χ4v) is 9.18. The maximum atomic E-state index is 12.4. The van der Waals surface area contributed by atoms with Gasteiger partial charge in [0.15, 0.2) is 5.75 Å². The van der Waals surface area contributed by atoms with Crippen LogP contribution in [0.3, 0.4) is 0 Å². The van der Waals surface area contributed by atoms with Crippen LogP contribution >= 0.6 is 0 Å². The zero-order valence-corrected chi connectivity index (χ0v) is 47.2. The number of nitrogen functional groups attached to an aromatic ring is 1. The first-order valence-electron chi connectivity index (χ1n) is 17.9. The number of fused-ring (bicyclic) bond motifs is 4. The predicted octanol–water partition coefficient (Wildman–Crippen LogP) is 8.30. The molecule has 0 unspecified atom stereocenters. The van der Waals surface area contributed by atoms with Crippen LogP contribution in [0.4, 0.5) is 39.8 Å². The topological polar surface area (TPSA) is 338 Å². The Morgan fingerprint density at radius 2 is 0.750 bits per heavy atom. The number of hydrogen-bond acceptors (Lipinski definition) is 16. The second kappa shape index (κ2) is 22.1. The fourth-order valence-electron chi connectivity index (χ4n) is 6.81.